The van der Waals surface area contributed by atoms with Crippen molar-refractivity contribution in [1.29, 1.82) is 0 Å². The van der Waals surface area contributed by atoms with Crippen molar-refractivity contribution in [3.63, 3.8) is 0 Å². The highest BCUT2D eigenvalue weighted by atomic mass is 32.1. The zero-order valence-corrected chi connectivity index (χ0v) is 13.7. The van der Waals surface area contributed by atoms with Gasteiger partial charge in [-0.15, -0.1) is 0 Å². The van der Waals surface area contributed by atoms with Crippen molar-refractivity contribution in [2.24, 2.45) is 0 Å². The van der Waals surface area contributed by atoms with Gasteiger partial charge >= 0.3 is 0 Å². The minimum absolute atomic E-state index is 0.214. The van der Waals surface area contributed by atoms with Gasteiger partial charge in [0.05, 0.1) is 0 Å². The van der Waals surface area contributed by atoms with Gasteiger partial charge < -0.3 is 15.1 Å². The molecule has 0 unspecified atom stereocenters. The maximum absolute atomic E-state index is 12.9. The number of benzene rings is 2. The van der Waals surface area contributed by atoms with E-state index in [0.717, 1.165) is 36.9 Å². The van der Waals surface area contributed by atoms with Gasteiger partial charge in [0, 0.05) is 38.4 Å². The smallest absolute Gasteiger partial charge is 0.169 e. The molecule has 0 amide bonds. The van der Waals surface area contributed by atoms with Crippen LogP contribution in [0.5, 0.6) is 0 Å². The Hall–Kier alpha value is -2.14. The van der Waals surface area contributed by atoms with E-state index in [2.05, 4.69) is 39.4 Å². The highest BCUT2D eigenvalue weighted by molar-refractivity contribution is 7.80. The first-order valence-corrected chi connectivity index (χ1v) is 8.20. The summed E-state index contributed by atoms with van der Waals surface area (Å²) in [5, 5.41) is 4.02. The highest BCUT2D eigenvalue weighted by Gasteiger charge is 2.18. The molecule has 0 atom stereocenters. The van der Waals surface area contributed by atoms with Crippen LogP contribution in [0.1, 0.15) is 5.56 Å². The van der Waals surface area contributed by atoms with E-state index in [4.69, 9.17) is 12.2 Å². The first-order valence-electron chi connectivity index (χ1n) is 7.79. The lowest BCUT2D eigenvalue weighted by Gasteiger charge is -2.37. The number of anilines is 1. The number of rotatable bonds is 3. The Kier molecular flexibility index (Phi) is 5.08. The van der Waals surface area contributed by atoms with Gasteiger partial charge in [-0.2, -0.15) is 0 Å². The average Bonchev–Trinajstić information content (AvgIpc) is 2.62. The van der Waals surface area contributed by atoms with E-state index in [1.807, 2.05) is 6.07 Å². The average molecular weight is 329 g/mol. The van der Waals surface area contributed by atoms with Crippen molar-refractivity contribution >= 4 is 23.0 Å². The highest BCUT2D eigenvalue weighted by Crippen LogP contribution is 2.15. The van der Waals surface area contributed by atoms with Crippen molar-refractivity contribution in [3.05, 3.63) is 66.0 Å². The van der Waals surface area contributed by atoms with E-state index in [-0.39, 0.29) is 5.82 Å². The first kappa shape index (κ1) is 15.7. The third kappa shape index (κ3) is 4.20. The SMILES string of the molecule is Fc1ccc(CNC(=S)N2CCN(c3ccccc3)CC2)cc1. The molecule has 5 heteroatoms. The van der Waals surface area contributed by atoms with Crippen molar-refractivity contribution in [3.8, 4) is 0 Å². The number of nitrogens with one attached hydrogen (secondary N) is 1. The van der Waals surface area contributed by atoms with E-state index in [1.165, 1.54) is 17.8 Å². The molecule has 3 nitrogen and oxygen atoms in total. The summed E-state index contributed by atoms with van der Waals surface area (Å²) in [6.07, 6.45) is 0. The molecule has 1 aliphatic rings. The summed E-state index contributed by atoms with van der Waals surface area (Å²) in [5.41, 5.74) is 2.29. The fourth-order valence-electron chi connectivity index (χ4n) is 2.70. The maximum atomic E-state index is 12.9. The van der Waals surface area contributed by atoms with Crippen LogP contribution in [0.4, 0.5) is 10.1 Å². The predicted octanol–water partition coefficient (Wildman–Crippen LogP) is 3.02. The summed E-state index contributed by atoms with van der Waals surface area (Å²) in [5.74, 6) is -0.214. The van der Waals surface area contributed by atoms with Crippen molar-refractivity contribution in [1.82, 2.24) is 10.2 Å². The van der Waals surface area contributed by atoms with E-state index in [0.29, 0.717) is 6.54 Å². The molecule has 0 aromatic heterocycles. The van der Waals surface area contributed by atoms with Gasteiger partial charge in [0.15, 0.2) is 5.11 Å². The fraction of sp³-hybridized carbons (Fsp3) is 0.278. The Morgan fingerprint density at radius 1 is 0.957 bits per heavy atom. The molecule has 1 saturated heterocycles. The number of nitrogens with zero attached hydrogens (tertiary/aromatic N) is 2. The van der Waals surface area contributed by atoms with Crippen LogP contribution in [-0.2, 0) is 6.54 Å². The Bertz CT molecular complexity index is 637. The van der Waals surface area contributed by atoms with Crippen LogP contribution in [0.25, 0.3) is 0 Å². The number of hydrogen-bond donors (Lipinski definition) is 1. The summed E-state index contributed by atoms with van der Waals surface area (Å²) in [6, 6.07) is 16.9. The monoisotopic (exact) mass is 329 g/mol. The third-order valence-corrected chi connectivity index (χ3v) is 4.45. The van der Waals surface area contributed by atoms with Crippen molar-refractivity contribution in [2.75, 3.05) is 31.1 Å². The minimum Gasteiger partial charge on any atom is -0.368 e. The third-order valence-electron chi connectivity index (χ3n) is 4.05. The second-order valence-corrected chi connectivity index (χ2v) is 5.98. The van der Waals surface area contributed by atoms with Crippen LogP contribution in [0.2, 0.25) is 0 Å². The van der Waals surface area contributed by atoms with Gasteiger partial charge in [-0.3, -0.25) is 0 Å². The van der Waals surface area contributed by atoms with E-state index in [1.54, 1.807) is 12.1 Å². The van der Waals surface area contributed by atoms with Gasteiger partial charge in [-0.25, -0.2) is 4.39 Å². The summed E-state index contributed by atoms with van der Waals surface area (Å²) < 4.78 is 12.9. The standard InChI is InChI=1S/C18H20FN3S/c19-16-8-6-15(7-9-16)14-20-18(23)22-12-10-21(11-13-22)17-4-2-1-3-5-17/h1-9H,10-14H2,(H,20,23). The molecule has 0 bridgehead atoms. The van der Waals surface area contributed by atoms with Gasteiger partial charge in [-0.1, -0.05) is 30.3 Å². The van der Waals surface area contributed by atoms with Gasteiger partial charge in [0.1, 0.15) is 5.82 Å². The zero-order chi connectivity index (χ0) is 16.1. The summed E-state index contributed by atoms with van der Waals surface area (Å²) >= 11 is 5.48. The van der Waals surface area contributed by atoms with Crippen molar-refractivity contribution < 1.29 is 4.39 Å². The zero-order valence-electron chi connectivity index (χ0n) is 12.9. The summed E-state index contributed by atoms with van der Waals surface area (Å²) in [6.45, 7) is 4.36. The van der Waals surface area contributed by atoms with Crippen LogP contribution < -0.4 is 10.2 Å². The Balaban J connectivity index is 1.47. The van der Waals surface area contributed by atoms with E-state index in [9.17, 15) is 4.39 Å². The lowest BCUT2D eigenvalue weighted by molar-refractivity contribution is 0.380. The van der Waals surface area contributed by atoms with Crippen LogP contribution in [-0.4, -0.2) is 36.2 Å². The van der Waals surface area contributed by atoms with Crippen LogP contribution in [0.3, 0.4) is 0 Å². The first-order chi connectivity index (χ1) is 11.2. The second-order valence-electron chi connectivity index (χ2n) is 5.59. The molecular formula is C18H20FN3S. The second kappa shape index (κ2) is 7.42. The Labute approximate surface area is 141 Å². The predicted molar refractivity (Wildman–Crippen MR) is 96.1 cm³/mol. The molecule has 1 aliphatic heterocycles. The molecular weight excluding hydrogens is 309 g/mol. The van der Waals surface area contributed by atoms with Crippen molar-refractivity contribution in [2.45, 2.75) is 6.54 Å². The number of hydrogen-bond acceptors (Lipinski definition) is 2. The largest absolute Gasteiger partial charge is 0.368 e. The Morgan fingerprint density at radius 3 is 2.26 bits per heavy atom. The van der Waals surface area contributed by atoms with E-state index >= 15 is 0 Å². The molecule has 1 N–H and O–H groups in total. The number of piperazine rings is 1. The molecule has 2 aromatic rings. The topological polar surface area (TPSA) is 18.5 Å². The molecule has 0 saturated carbocycles. The number of para-hydroxylation sites is 1. The fourth-order valence-corrected chi connectivity index (χ4v) is 2.95. The van der Waals surface area contributed by atoms with Crippen LogP contribution in [0, 0.1) is 5.82 Å². The quantitative estimate of drug-likeness (QED) is 0.872. The normalized spacial score (nSPS) is 14.7. The van der Waals surface area contributed by atoms with E-state index < -0.39 is 0 Å². The Morgan fingerprint density at radius 2 is 1.61 bits per heavy atom. The van der Waals surface area contributed by atoms with Crippen LogP contribution >= 0.6 is 12.2 Å². The maximum Gasteiger partial charge on any atom is 0.169 e. The molecule has 120 valence electrons. The summed E-state index contributed by atoms with van der Waals surface area (Å²) in [4.78, 5) is 4.57. The molecule has 1 heterocycles. The number of thiocarbonyl (C=S) groups is 1. The lowest BCUT2D eigenvalue weighted by atomic mass is 10.2. The minimum atomic E-state index is -0.214. The number of halogens is 1. The molecule has 23 heavy (non-hydrogen) atoms. The molecule has 0 aliphatic carbocycles. The lowest BCUT2D eigenvalue weighted by Crippen LogP contribution is -2.51. The summed E-state index contributed by atoms with van der Waals surface area (Å²) in [7, 11) is 0. The molecule has 1 fully saturated rings. The molecule has 3 rings (SSSR count). The van der Waals surface area contributed by atoms with Gasteiger partial charge in [-0.05, 0) is 42.0 Å². The molecule has 0 radical (unpaired) electrons. The van der Waals surface area contributed by atoms with Gasteiger partial charge in [0.2, 0.25) is 0 Å². The van der Waals surface area contributed by atoms with Gasteiger partial charge in [0.25, 0.3) is 0 Å². The molecule has 0 spiro atoms. The molecule has 2 aromatic carbocycles. The van der Waals surface area contributed by atoms with Crippen LogP contribution in [0.15, 0.2) is 54.6 Å².